The van der Waals surface area contributed by atoms with E-state index in [2.05, 4.69) is 4.84 Å². The summed E-state index contributed by atoms with van der Waals surface area (Å²) in [6.07, 6.45) is 0. The molecule has 0 bridgehead atoms. The first-order valence-corrected chi connectivity index (χ1v) is 0.992. The van der Waals surface area contributed by atoms with Crippen LogP contribution in [0.1, 0.15) is 0 Å². The van der Waals surface area contributed by atoms with Gasteiger partial charge in [0.05, 0.1) is 0 Å². The number of halogens is 2. The summed E-state index contributed by atoms with van der Waals surface area (Å²) in [7, 11) is 0. The van der Waals surface area contributed by atoms with Gasteiger partial charge in [-0.1, -0.05) is 8.96 Å². The van der Waals surface area contributed by atoms with Crippen LogP contribution in [0.4, 0.5) is 8.96 Å². The van der Waals surface area contributed by atoms with Crippen molar-refractivity contribution in [3.05, 3.63) is 0 Å². The van der Waals surface area contributed by atoms with Crippen molar-refractivity contribution in [2.24, 2.45) is 0 Å². The topological polar surface area (TPSA) is 29.5 Å². The summed E-state index contributed by atoms with van der Waals surface area (Å²) in [5.41, 5.74) is -1.69. The molecule has 0 N–H and O–H groups in total. The van der Waals surface area contributed by atoms with Gasteiger partial charge >= 0.3 is 6.47 Å². The van der Waals surface area contributed by atoms with E-state index in [1.54, 1.807) is 0 Å². The summed E-state index contributed by atoms with van der Waals surface area (Å²) in [4.78, 5) is 11.7. The Labute approximate surface area is 31.9 Å². The van der Waals surface area contributed by atoms with Crippen LogP contribution in [0.25, 0.3) is 0 Å². The normalized spacial score (nSPS) is 8.50. The molecule has 5 heteroatoms. The van der Waals surface area contributed by atoms with E-state index in [0.717, 1.165) is 0 Å². The van der Waals surface area contributed by atoms with Crippen molar-refractivity contribution >= 4 is 6.47 Å². The molecule has 0 aromatic carbocycles. The van der Waals surface area contributed by atoms with Crippen LogP contribution in [0.3, 0.4) is 0 Å². The fraction of sp³-hybridized carbons (Fsp3) is 0. The molecule has 0 saturated heterocycles. The molecule has 0 aromatic rings. The molecule has 3 nitrogen and oxygen atoms in total. The molecule has 6 heavy (non-hydrogen) atoms. The van der Waals surface area contributed by atoms with Crippen LogP contribution < -0.4 is 0 Å². The fourth-order valence-electron chi connectivity index (χ4n) is 0.0325. The second-order valence-electron chi connectivity index (χ2n) is 0.404. The third-order valence-electron chi connectivity index (χ3n) is 0.123. The van der Waals surface area contributed by atoms with Crippen LogP contribution in [0.5, 0.6) is 0 Å². The van der Waals surface area contributed by atoms with Gasteiger partial charge in [0.25, 0.3) is 0 Å². The van der Waals surface area contributed by atoms with Gasteiger partial charge in [-0.05, 0) is 0 Å². The van der Waals surface area contributed by atoms with Gasteiger partial charge in [0.15, 0.2) is 0 Å². The van der Waals surface area contributed by atoms with Gasteiger partial charge in [0.2, 0.25) is 5.51 Å². The van der Waals surface area contributed by atoms with Gasteiger partial charge in [0, 0.05) is 0 Å². The van der Waals surface area contributed by atoms with Gasteiger partial charge in [-0.25, -0.2) is 0 Å². The van der Waals surface area contributed by atoms with Crippen LogP contribution in [0.15, 0.2) is 0 Å². The van der Waals surface area contributed by atoms with E-state index in [1.165, 1.54) is 0 Å². The Morgan fingerprint density at radius 1 is 1.67 bits per heavy atom. The van der Waals surface area contributed by atoms with Crippen molar-refractivity contribution < 1.29 is 18.6 Å². The average molecular weight is 97.0 g/mol. The standard InChI is InChI=1S/CHF2NO2/c2-4(3)6-1-5/h1H. The van der Waals surface area contributed by atoms with Crippen LogP contribution in [0, 0.1) is 0 Å². The van der Waals surface area contributed by atoms with Crippen LogP contribution in [-0.4, -0.2) is 12.0 Å². The van der Waals surface area contributed by atoms with Gasteiger partial charge in [-0.2, -0.15) is 0 Å². The Hall–Kier alpha value is -0.710. The lowest BCUT2D eigenvalue weighted by molar-refractivity contribution is -0.359. The summed E-state index contributed by atoms with van der Waals surface area (Å²) in [6, 6.07) is 0. The molecule has 0 aliphatic rings. The third-order valence-corrected chi connectivity index (χ3v) is 0.123. The maximum absolute atomic E-state index is 10.4. The SMILES string of the molecule is O=CON(F)F. The third kappa shape index (κ3) is 3.29. The van der Waals surface area contributed by atoms with Crippen molar-refractivity contribution in [2.75, 3.05) is 0 Å². The van der Waals surface area contributed by atoms with Crippen LogP contribution >= 0.6 is 0 Å². The zero-order valence-electron chi connectivity index (χ0n) is 2.60. The molecule has 0 heterocycles. The monoisotopic (exact) mass is 97.0 g/mol. The highest BCUT2D eigenvalue weighted by Gasteiger charge is 1.91. The first-order chi connectivity index (χ1) is 2.77. The molecule has 0 aliphatic heterocycles. The molecule has 0 rings (SSSR count). The lowest BCUT2D eigenvalue weighted by Crippen LogP contribution is -1.98. The van der Waals surface area contributed by atoms with E-state index in [0.29, 0.717) is 0 Å². The highest BCUT2D eigenvalue weighted by atomic mass is 19.4. The van der Waals surface area contributed by atoms with Gasteiger partial charge in [-0.15, -0.1) is 0 Å². The molecule has 36 valence electrons. The first-order valence-electron chi connectivity index (χ1n) is 0.992. The zero-order valence-corrected chi connectivity index (χ0v) is 2.60. The lowest BCUT2D eigenvalue weighted by atomic mass is 11.6. The van der Waals surface area contributed by atoms with Crippen molar-refractivity contribution in [3.8, 4) is 0 Å². The number of hydrogen-bond acceptors (Lipinski definition) is 3. The summed E-state index contributed by atoms with van der Waals surface area (Å²) in [5, 5.41) is 0. The maximum Gasteiger partial charge on any atom is 0.319 e. The second kappa shape index (κ2) is 2.52. The molecular weight excluding hydrogens is 96.0 g/mol. The highest BCUT2D eigenvalue weighted by Crippen LogP contribution is 1.83. The largest absolute Gasteiger partial charge is 0.319 e. The predicted molar refractivity (Wildman–Crippen MR) is 11.2 cm³/mol. The van der Waals surface area contributed by atoms with E-state index >= 15 is 0 Å². The Kier molecular flexibility index (Phi) is 2.22. The number of hydrogen-bond donors (Lipinski definition) is 0. The predicted octanol–water partition coefficient (Wildman–Crippen LogP) is 0.145. The highest BCUT2D eigenvalue weighted by molar-refractivity contribution is 5.35. The number of rotatable bonds is 2. The number of carbonyl (C=O) groups is 1. The summed E-state index contributed by atoms with van der Waals surface area (Å²) in [6.45, 7) is -0.375. The molecule has 0 aromatic heterocycles. The van der Waals surface area contributed by atoms with E-state index in [-0.39, 0.29) is 6.47 Å². The minimum absolute atomic E-state index is 0.375. The Morgan fingerprint density at radius 3 is 2.17 bits per heavy atom. The minimum atomic E-state index is -1.69. The van der Waals surface area contributed by atoms with E-state index in [9.17, 15) is 8.96 Å². The molecule has 0 aliphatic carbocycles. The minimum Gasteiger partial charge on any atom is -0.314 e. The van der Waals surface area contributed by atoms with Crippen molar-refractivity contribution in [1.29, 1.82) is 0 Å². The van der Waals surface area contributed by atoms with E-state index < -0.39 is 5.51 Å². The molecule has 0 spiro atoms. The summed E-state index contributed by atoms with van der Waals surface area (Å²) in [5.74, 6) is 0. The van der Waals surface area contributed by atoms with E-state index in [4.69, 9.17) is 4.79 Å². The molecule has 0 atom stereocenters. The average Bonchev–Trinajstić information content (AvgIpc) is 1.35. The van der Waals surface area contributed by atoms with Crippen molar-refractivity contribution in [1.82, 2.24) is 5.51 Å². The van der Waals surface area contributed by atoms with Crippen molar-refractivity contribution in [2.45, 2.75) is 0 Å². The summed E-state index contributed by atoms with van der Waals surface area (Å²) < 4.78 is 20.8. The molecule has 0 fully saturated rings. The molecule has 0 radical (unpaired) electrons. The number of carbonyl (C=O) groups excluding carboxylic acids is 1. The van der Waals surface area contributed by atoms with Gasteiger partial charge in [0.1, 0.15) is 0 Å². The quantitative estimate of drug-likeness (QED) is 0.279. The smallest absolute Gasteiger partial charge is 0.314 e. The maximum atomic E-state index is 10.4. The summed E-state index contributed by atoms with van der Waals surface area (Å²) >= 11 is 0. The lowest BCUT2D eigenvalue weighted by Gasteiger charge is -1.87. The second-order valence-corrected chi connectivity index (χ2v) is 0.404. The van der Waals surface area contributed by atoms with Crippen LogP contribution in [0.2, 0.25) is 0 Å². The van der Waals surface area contributed by atoms with Crippen LogP contribution in [-0.2, 0) is 9.63 Å². The Balaban J connectivity index is 2.81. The van der Waals surface area contributed by atoms with Crippen molar-refractivity contribution in [3.63, 3.8) is 0 Å². The molecule has 0 amide bonds. The van der Waals surface area contributed by atoms with E-state index in [1.807, 2.05) is 0 Å². The molecular formula is CHF2NO2. The number of nitrogens with zero attached hydrogens (tertiary/aromatic N) is 1. The Bertz CT molecular complexity index is 46.8. The molecule has 0 unspecified atom stereocenters. The van der Waals surface area contributed by atoms with Gasteiger partial charge < -0.3 is 4.84 Å². The van der Waals surface area contributed by atoms with Gasteiger partial charge in [-0.3, -0.25) is 4.79 Å². The Morgan fingerprint density at radius 2 is 2.17 bits per heavy atom. The zero-order chi connectivity index (χ0) is 4.99. The first kappa shape index (κ1) is 5.29. The molecule has 0 saturated carbocycles. The fourth-order valence-corrected chi connectivity index (χ4v) is 0.0325.